The van der Waals surface area contributed by atoms with Crippen molar-refractivity contribution in [1.29, 1.82) is 0 Å². The molecule has 6 rings (SSSR count). The summed E-state index contributed by atoms with van der Waals surface area (Å²) in [6.45, 7) is 4.52. The van der Waals surface area contributed by atoms with E-state index < -0.39 is 0 Å². The maximum Gasteiger partial charge on any atom is 0.320 e. The second-order valence-corrected chi connectivity index (χ2v) is 11.2. The maximum atomic E-state index is 13.9. The number of rotatable bonds is 4. The van der Waals surface area contributed by atoms with E-state index >= 15 is 0 Å². The van der Waals surface area contributed by atoms with Gasteiger partial charge in [0.25, 0.3) is 5.56 Å². The maximum absolute atomic E-state index is 13.9. The predicted octanol–water partition coefficient (Wildman–Crippen LogP) is 4.56. The summed E-state index contributed by atoms with van der Waals surface area (Å²) in [5.74, 6) is 0.365. The summed E-state index contributed by atoms with van der Waals surface area (Å²) in [5, 5.41) is 3.47. The van der Waals surface area contributed by atoms with Crippen LogP contribution in [0.1, 0.15) is 43.7 Å². The number of amides is 2. The lowest BCUT2D eigenvalue weighted by Gasteiger charge is -2.49. The first-order valence-electron chi connectivity index (χ1n) is 14.1. The van der Waals surface area contributed by atoms with E-state index in [0.29, 0.717) is 18.2 Å². The van der Waals surface area contributed by atoms with Gasteiger partial charge >= 0.3 is 6.03 Å². The number of aromatic nitrogens is 2. The molecular formula is C31H37N5O2. The number of carbonyl (C=O) groups excluding carboxylic acids is 1. The molecule has 1 N–H and O–H groups in total. The number of hydrogen-bond acceptors (Lipinski definition) is 4. The molecule has 1 saturated carbocycles. The van der Waals surface area contributed by atoms with Gasteiger partial charge in [0.05, 0.1) is 18.1 Å². The van der Waals surface area contributed by atoms with Crippen molar-refractivity contribution in [2.24, 2.45) is 11.3 Å². The highest BCUT2D eigenvalue weighted by Crippen LogP contribution is 2.49. The van der Waals surface area contributed by atoms with E-state index in [9.17, 15) is 9.59 Å². The van der Waals surface area contributed by atoms with E-state index in [1.54, 1.807) is 17.0 Å². The van der Waals surface area contributed by atoms with Crippen molar-refractivity contribution < 1.29 is 4.79 Å². The van der Waals surface area contributed by atoms with Crippen LogP contribution in [0.15, 0.2) is 77.9 Å². The first-order valence-corrected chi connectivity index (χ1v) is 14.1. The van der Waals surface area contributed by atoms with Gasteiger partial charge in [-0.15, -0.1) is 0 Å². The standard InChI is InChI=1S/C31H37N5O2/c37-29-19-27(24-9-3-1-4-10-24)33-23-35(29)21-26-13-17-34(22-31(26)14-7-8-15-31)30(38)36-18-16-32-20-28(36)25-11-5-2-6-12-25/h1-6,9-12,19,23,26,28,32H,7-8,13-18,20-22H2/t26-,28+/m1/s1. The average Bonchev–Trinajstić information content (AvgIpc) is 3.44. The van der Waals surface area contributed by atoms with Gasteiger partial charge in [0.2, 0.25) is 0 Å². The molecule has 0 unspecified atom stereocenters. The van der Waals surface area contributed by atoms with Gasteiger partial charge < -0.3 is 15.1 Å². The highest BCUT2D eigenvalue weighted by molar-refractivity contribution is 5.75. The van der Waals surface area contributed by atoms with E-state index in [0.717, 1.165) is 57.5 Å². The Morgan fingerprint density at radius 1 is 1.00 bits per heavy atom. The molecule has 7 heteroatoms. The van der Waals surface area contributed by atoms with Crippen LogP contribution in [0, 0.1) is 11.3 Å². The Hall–Kier alpha value is -3.45. The molecule has 0 radical (unpaired) electrons. The van der Waals surface area contributed by atoms with Gasteiger partial charge in [-0.2, -0.15) is 0 Å². The highest BCUT2D eigenvalue weighted by atomic mass is 16.2. The van der Waals surface area contributed by atoms with Crippen LogP contribution in [-0.4, -0.2) is 58.1 Å². The zero-order valence-electron chi connectivity index (χ0n) is 22.0. The topological polar surface area (TPSA) is 70.5 Å². The van der Waals surface area contributed by atoms with Crippen LogP contribution in [0.25, 0.3) is 11.3 Å². The number of likely N-dealkylation sites (tertiary alicyclic amines) is 1. The lowest BCUT2D eigenvalue weighted by molar-refractivity contribution is 0.0234. The number of benzene rings is 2. The second-order valence-electron chi connectivity index (χ2n) is 11.2. The van der Waals surface area contributed by atoms with E-state index in [-0.39, 0.29) is 23.0 Å². The quantitative estimate of drug-likeness (QED) is 0.558. The molecule has 2 aromatic carbocycles. The number of piperidine rings is 1. The van der Waals surface area contributed by atoms with Crippen LogP contribution in [-0.2, 0) is 6.54 Å². The molecule has 1 aromatic heterocycles. The Morgan fingerprint density at radius 3 is 2.47 bits per heavy atom. The molecule has 3 fully saturated rings. The molecule has 0 bridgehead atoms. The van der Waals surface area contributed by atoms with Gasteiger partial charge in [0.15, 0.2) is 0 Å². The fourth-order valence-corrected chi connectivity index (χ4v) is 6.95. The molecule has 38 heavy (non-hydrogen) atoms. The van der Waals surface area contributed by atoms with Crippen LogP contribution in [0.4, 0.5) is 4.79 Å². The zero-order valence-corrected chi connectivity index (χ0v) is 22.0. The number of urea groups is 1. The number of hydrogen-bond donors (Lipinski definition) is 1. The van der Waals surface area contributed by atoms with Crippen molar-refractivity contribution in [3.8, 4) is 11.3 Å². The first kappa shape index (κ1) is 24.9. The first-order chi connectivity index (χ1) is 18.6. The molecular weight excluding hydrogens is 474 g/mol. The third-order valence-corrected chi connectivity index (χ3v) is 9.03. The zero-order chi connectivity index (χ0) is 26.0. The minimum Gasteiger partial charge on any atom is -0.324 e. The van der Waals surface area contributed by atoms with Crippen LogP contribution in [0.5, 0.6) is 0 Å². The third-order valence-electron chi connectivity index (χ3n) is 9.03. The minimum absolute atomic E-state index is 0.00275. The molecule has 2 atom stereocenters. The van der Waals surface area contributed by atoms with Crippen molar-refractivity contribution in [2.45, 2.75) is 44.7 Å². The number of piperazine rings is 1. The Labute approximate surface area is 224 Å². The lowest BCUT2D eigenvalue weighted by Crippen LogP contribution is -2.58. The van der Waals surface area contributed by atoms with Crippen LogP contribution in [0.2, 0.25) is 0 Å². The van der Waals surface area contributed by atoms with Gasteiger partial charge in [-0.05, 0) is 36.2 Å². The summed E-state index contributed by atoms with van der Waals surface area (Å²) in [7, 11) is 0. The van der Waals surface area contributed by atoms with Crippen LogP contribution in [0.3, 0.4) is 0 Å². The third kappa shape index (κ3) is 4.87. The molecule has 2 saturated heterocycles. The summed E-state index contributed by atoms with van der Waals surface area (Å²) in [6, 6.07) is 22.1. The second kappa shape index (κ2) is 10.7. The average molecular weight is 512 g/mol. The summed E-state index contributed by atoms with van der Waals surface area (Å²) < 4.78 is 1.79. The van der Waals surface area contributed by atoms with E-state index in [2.05, 4.69) is 44.4 Å². The molecule has 1 spiro atoms. The molecule has 3 heterocycles. The molecule has 3 aliphatic rings. The van der Waals surface area contributed by atoms with E-state index in [1.807, 2.05) is 36.4 Å². The number of nitrogens with zero attached hydrogens (tertiary/aromatic N) is 4. The van der Waals surface area contributed by atoms with E-state index in [4.69, 9.17) is 0 Å². The van der Waals surface area contributed by atoms with E-state index in [1.165, 1.54) is 18.4 Å². The number of nitrogens with one attached hydrogen (secondary N) is 1. The van der Waals surface area contributed by atoms with Gasteiger partial charge in [-0.3, -0.25) is 9.36 Å². The van der Waals surface area contributed by atoms with Crippen molar-refractivity contribution in [3.05, 3.63) is 89.0 Å². The largest absolute Gasteiger partial charge is 0.324 e. The molecule has 198 valence electrons. The summed E-state index contributed by atoms with van der Waals surface area (Å²) in [5.41, 5.74) is 2.92. The van der Waals surface area contributed by atoms with Crippen molar-refractivity contribution >= 4 is 6.03 Å². The number of carbonyl (C=O) groups is 1. The Kier molecular flexibility index (Phi) is 7.02. The Morgan fingerprint density at radius 2 is 1.74 bits per heavy atom. The normalized spacial score (nSPS) is 23.1. The molecule has 1 aliphatic carbocycles. The Balaban J connectivity index is 1.19. The molecule has 7 nitrogen and oxygen atoms in total. The Bertz CT molecular complexity index is 1300. The fraction of sp³-hybridized carbons (Fsp3) is 0.452. The summed E-state index contributed by atoms with van der Waals surface area (Å²) in [4.78, 5) is 35.8. The smallest absolute Gasteiger partial charge is 0.320 e. The van der Waals surface area contributed by atoms with Crippen LogP contribution < -0.4 is 10.9 Å². The van der Waals surface area contributed by atoms with Crippen molar-refractivity contribution in [2.75, 3.05) is 32.7 Å². The molecule has 3 aromatic rings. The van der Waals surface area contributed by atoms with Gasteiger partial charge in [0, 0.05) is 50.9 Å². The van der Waals surface area contributed by atoms with Crippen molar-refractivity contribution in [3.63, 3.8) is 0 Å². The summed E-state index contributed by atoms with van der Waals surface area (Å²) in [6.07, 6.45) is 7.26. The monoisotopic (exact) mass is 511 g/mol. The van der Waals surface area contributed by atoms with Gasteiger partial charge in [0.1, 0.15) is 0 Å². The van der Waals surface area contributed by atoms with Gasteiger partial charge in [-0.25, -0.2) is 9.78 Å². The van der Waals surface area contributed by atoms with Gasteiger partial charge in [-0.1, -0.05) is 73.5 Å². The fourth-order valence-electron chi connectivity index (χ4n) is 6.95. The highest BCUT2D eigenvalue weighted by Gasteiger charge is 2.47. The predicted molar refractivity (Wildman–Crippen MR) is 149 cm³/mol. The van der Waals surface area contributed by atoms with Crippen molar-refractivity contribution in [1.82, 2.24) is 24.7 Å². The molecule has 2 aliphatic heterocycles. The molecule has 2 amide bonds. The summed E-state index contributed by atoms with van der Waals surface area (Å²) >= 11 is 0. The lowest BCUT2D eigenvalue weighted by atomic mass is 9.69. The SMILES string of the molecule is O=C(N1CC[C@H](Cn2cnc(-c3ccccc3)cc2=O)C2(CCCC2)C1)N1CCNC[C@H]1c1ccccc1. The minimum atomic E-state index is -0.00275. The van der Waals surface area contributed by atoms with Crippen LogP contribution >= 0.6 is 0 Å².